The Balaban J connectivity index is 0.000000921. The van der Waals surface area contributed by atoms with Gasteiger partial charge in [-0.1, -0.05) is 13.8 Å². The molecular formula is C11H16F2O2. The van der Waals surface area contributed by atoms with Crippen LogP contribution in [0.15, 0.2) is 6.07 Å². The van der Waals surface area contributed by atoms with Crippen molar-refractivity contribution in [2.75, 3.05) is 14.2 Å². The van der Waals surface area contributed by atoms with Crippen LogP contribution >= 0.6 is 0 Å². The van der Waals surface area contributed by atoms with Crippen molar-refractivity contribution in [2.45, 2.75) is 20.8 Å². The molecule has 0 aliphatic heterocycles. The summed E-state index contributed by atoms with van der Waals surface area (Å²) < 4.78 is 35.7. The van der Waals surface area contributed by atoms with Crippen LogP contribution in [0.2, 0.25) is 0 Å². The minimum atomic E-state index is -0.694. The lowest BCUT2D eigenvalue weighted by atomic mass is 10.2. The summed E-state index contributed by atoms with van der Waals surface area (Å²) in [4.78, 5) is 0. The Bertz CT molecular complexity index is 297. The summed E-state index contributed by atoms with van der Waals surface area (Å²) in [5.74, 6) is -1.42. The van der Waals surface area contributed by atoms with Crippen molar-refractivity contribution >= 4 is 0 Å². The molecule has 0 bridgehead atoms. The van der Waals surface area contributed by atoms with Gasteiger partial charge in [-0.2, -0.15) is 0 Å². The zero-order valence-electron chi connectivity index (χ0n) is 9.65. The summed E-state index contributed by atoms with van der Waals surface area (Å²) in [7, 11) is 2.63. The Morgan fingerprint density at radius 1 is 0.933 bits per heavy atom. The van der Waals surface area contributed by atoms with E-state index in [0.29, 0.717) is 0 Å². The number of hydrogen-bond acceptors (Lipinski definition) is 2. The lowest BCUT2D eigenvalue weighted by Crippen LogP contribution is -1.98. The van der Waals surface area contributed by atoms with E-state index in [1.54, 1.807) is 0 Å². The zero-order valence-corrected chi connectivity index (χ0v) is 9.65. The van der Waals surface area contributed by atoms with Gasteiger partial charge in [-0.05, 0) is 6.92 Å². The van der Waals surface area contributed by atoms with Gasteiger partial charge in [-0.15, -0.1) is 0 Å². The number of rotatable bonds is 2. The van der Waals surface area contributed by atoms with E-state index in [0.717, 1.165) is 0 Å². The first kappa shape index (κ1) is 13.7. The third kappa shape index (κ3) is 2.81. The largest absolute Gasteiger partial charge is 0.494 e. The van der Waals surface area contributed by atoms with Crippen LogP contribution in [0, 0.1) is 18.6 Å². The Morgan fingerprint density at radius 3 is 1.53 bits per heavy atom. The first-order valence-electron chi connectivity index (χ1n) is 4.68. The highest BCUT2D eigenvalue weighted by Gasteiger charge is 2.15. The fourth-order valence-electron chi connectivity index (χ4n) is 1.01. The molecule has 0 aromatic heterocycles. The van der Waals surface area contributed by atoms with Crippen molar-refractivity contribution in [1.82, 2.24) is 0 Å². The average molecular weight is 218 g/mol. The summed E-state index contributed by atoms with van der Waals surface area (Å²) in [5.41, 5.74) is -0.101. The summed E-state index contributed by atoms with van der Waals surface area (Å²) in [5, 5.41) is 0. The van der Waals surface area contributed by atoms with Crippen molar-refractivity contribution in [3.8, 4) is 11.5 Å². The molecule has 1 aromatic rings. The van der Waals surface area contributed by atoms with Crippen molar-refractivity contribution in [1.29, 1.82) is 0 Å². The number of benzene rings is 1. The molecule has 0 spiro atoms. The number of ether oxygens (including phenoxy) is 2. The van der Waals surface area contributed by atoms with Gasteiger partial charge in [0.25, 0.3) is 0 Å². The summed E-state index contributed by atoms with van der Waals surface area (Å²) in [6.07, 6.45) is 0. The third-order valence-corrected chi connectivity index (χ3v) is 1.79. The molecule has 0 N–H and O–H groups in total. The lowest BCUT2D eigenvalue weighted by Gasteiger charge is -2.09. The quantitative estimate of drug-likeness (QED) is 0.758. The highest BCUT2D eigenvalue weighted by molar-refractivity contribution is 5.41. The Labute approximate surface area is 88.8 Å². The first-order valence-corrected chi connectivity index (χ1v) is 4.68. The molecule has 0 radical (unpaired) electrons. The fourth-order valence-corrected chi connectivity index (χ4v) is 1.01. The van der Waals surface area contributed by atoms with Gasteiger partial charge in [-0.3, -0.25) is 0 Å². The summed E-state index contributed by atoms with van der Waals surface area (Å²) in [6, 6.07) is 1.18. The van der Waals surface area contributed by atoms with Gasteiger partial charge in [0.1, 0.15) is 0 Å². The number of hydrogen-bond donors (Lipinski definition) is 0. The highest BCUT2D eigenvalue weighted by Crippen LogP contribution is 2.30. The minimum absolute atomic E-state index is 0.0178. The molecule has 0 saturated heterocycles. The Morgan fingerprint density at radius 2 is 1.27 bits per heavy atom. The monoisotopic (exact) mass is 218 g/mol. The molecule has 0 heterocycles. The van der Waals surface area contributed by atoms with Crippen LogP contribution < -0.4 is 9.47 Å². The lowest BCUT2D eigenvalue weighted by molar-refractivity contribution is 0.355. The molecule has 0 aliphatic carbocycles. The predicted octanol–water partition coefficient (Wildman–Crippen LogP) is 3.32. The topological polar surface area (TPSA) is 18.5 Å². The smallest absolute Gasteiger partial charge is 0.171 e. The highest BCUT2D eigenvalue weighted by atomic mass is 19.1. The number of methoxy groups -OCH3 is 2. The van der Waals surface area contributed by atoms with E-state index in [4.69, 9.17) is 9.47 Å². The van der Waals surface area contributed by atoms with E-state index in [2.05, 4.69) is 0 Å². The van der Waals surface area contributed by atoms with Gasteiger partial charge in [0, 0.05) is 11.6 Å². The van der Waals surface area contributed by atoms with Crippen LogP contribution in [0.1, 0.15) is 19.4 Å². The normalized spacial score (nSPS) is 9.00. The second-order valence-electron chi connectivity index (χ2n) is 2.53. The molecule has 4 heteroatoms. The van der Waals surface area contributed by atoms with Gasteiger partial charge in [0.2, 0.25) is 0 Å². The Kier molecular flexibility index (Phi) is 5.67. The van der Waals surface area contributed by atoms with Gasteiger partial charge >= 0.3 is 0 Å². The van der Waals surface area contributed by atoms with Crippen LogP contribution in [0.25, 0.3) is 0 Å². The van der Waals surface area contributed by atoms with Crippen LogP contribution in [0.4, 0.5) is 8.78 Å². The third-order valence-electron chi connectivity index (χ3n) is 1.79. The maximum atomic E-state index is 13.2. The molecule has 0 atom stereocenters. The minimum Gasteiger partial charge on any atom is -0.494 e. The van der Waals surface area contributed by atoms with Gasteiger partial charge < -0.3 is 9.47 Å². The zero-order chi connectivity index (χ0) is 12.0. The van der Waals surface area contributed by atoms with E-state index in [9.17, 15) is 8.78 Å². The van der Waals surface area contributed by atoms with E-state index >= 15 is 0 Å². The standard InChI is InChI=1S/C9H10F2O2.C2H6/c1-5-8(10)6(12-2)4-7(13-3)9(5)11;1-2/h4H,1-3H3;1-2H3. The van der Waals surface area contributed by atoms with Crippen molar-refractivity contribution in [3.63, 3.8) is 0 Å². The molecule has 2 nitrogen and oxygen atoms in total. The fraction of sp³-hybridized carbons (Fsp3) is 0.455. The molecular weight excluding hydrogens is 202 g/mol. The summed E-state index contributed by atoms with van der Waals surface area (Å²) >= 11 is 0. The molecule has 86 valence electrons. The predicted molar refractivity (Wildman–Crippen MR) is 55.5 cm³/mol. The van der Waals surface area contributed by atoms with E-state index in [1.807, 2.05) is 13.8 Å². The Hall–Kier alpha value is -1.32. The molecule has 0 unspecified atom stereocenters. The van der Waals surface area contributed by atoms with Gasteiger partial charge in [0.15, 0.2) is 23.1 Å². The SMILES string of the molecule is CC.COc1cc(OC)c(F)c(C)c1F. The van der Waals surface area contributed by atoms with Crippen molar-refractivity contribution < 1.29 is 18.3 Å². The maximum absolute atomic E-state index is 13.2. The van der Waals surface area contributed by atoms with Gasteiger partial charge in [-0.25, -0.2) is 8.78 Å². The molecule has 0 aliphatic rings. The molecule has 1 rings (SSSR count). The van der Waals surface area contributed by atoms with Crippen molar-refractivity contribution in [3.05, 3.63) is 23.3 Å². The second-order valence-corrected chi connectivity index (χ2v) is 2.53. The molecule has 15 heavy (non-hydrogen) atoms. The maximum Gasteiger partial charge on any atom is 0.171 e. The van der Waals surface area contributed by atoms with Crippen LogP contribution in [0.5, 0.6) is 11.5 Å². The molecule has 0 fully saturated rings. The first-order chi connectivity index (χ1) is 7.11. The second kappa shape index (κ2) is 6.22. The van der Waals surface area contributed by atoms with E-state index in [-0.39, 0.29) is 17.1 Å². The van der Waals surface area contributed by atoms with E-state index in [1.165, 1.54) is 27.2 Å². The summed E-state index contributed by atoms with van der Waals surface area (Å²) in [6.45, 7) is 5.33. The average Bonchev–Trinajstić information content (AvgIpc) is 2.29. The molecule has 0 amide bonds. The molecule has 0 saturated carbocycles. The van der Waals surface area contributed by atoms with Crippen LogP contribution in [-0.4, -0.2) is 14.2 Å². The van der Waals surface area contributed by atoms with Crippen molar-refractivity contribution in [2.24, 2.45) is 0 Å². The number of halogens is 2. The molecule has 1 aromatic carbocycles. The van der Waals surface area contributed by atoms with Crippen LogP contribution in [0.3, 0.4) is 0 Å². The van der Waals surface area contributed by atoms with E-state index < -0.39 is 11.6 Å². The van der Waals surface area contributed by atoms with Crippen LogP contribution in [-0.2, 0) is 0 Å². The van der Waals surface area contributed by atoms with Gasteiger partial charge in [0.05, 0.1) is 14.2 Å².